The van der Waals surface area contributed by atoms with Gasteiger partial charge in [0.25, 0.3) is 5.69 Å². The number of thiophene rings is 1. The van der Waals surface area contributed by atoms with Gasteiger partial charge in [0, 0.05) is 24.0 Å². The molecule has 1 saturated heterocycles. The number of methoxy groups -OCH3 is 1. The highest BCUT2D eigenvalue weighted by Crippen LogP contribution is 2.58. The summed E-state index contributed by atoms with van der Waals surface area (Å²) in [5.74, 6) is -4.08. The highest BCUT2D eigenvalue weighted by Gasteiger charge is 2.65. The molecule has 1 aliphatic carbocycles. The minimum Gasteiger partial charge on any atom is -0.497 e. The summed E-state index contributed by atoms with van der Waals surface area (Å²) >= 11 is 7.29. The number of nitrogens with zero attached hydrogens (tertiary/aromatic N) is 2. The Morgan fingerprint density at radius 3 is 2.36 bits per heavy atom. The predicted octanol–water partition coefficient (Wildman–Crippen LogP) is 6.91. The Bertz CT molecular complexity index is 1530. The molecule has 0 spiro atoms. The zero-order valence-corrected chi connectivity index (χ0v) is 24.8. The number of carbonyl (C=O) groups is 3. The Morgan fingerprint density at radius 2 is 1.74 bits per heavy atom. The van der Waals surface area contributed by atoms with E-state index in [1.54, 1.807) is 42.5 Å². The van der Waals surface area contributed by atoms with Crippen molar-refractivity contribution < 1.29 is 29.2 Å². The number of halogens is 1. The van der Waals surface area contributed by atoms with Crippen LogP contribution in [0.25, 0.3) is 0 Å². The second kappa shape index (κ2) is 11.9. The molecule has 2 aliphatic rings. The van der Waals surface area contributed by atoms with E-state index in [-0.39, 0.29) is 17.4 Å². The van der Waals surface area contributed by atoms with Gasteiger partial charge >= 0.3 is 5.97 Å². The second-order valence-corrected chi connectivity index (χ2v) is 12.8. The number of carboxylic acids is 1. The summed E-state index contributed by atoms with van der Waals surface area (Å²) in [7, 11) is 1.49. The van der Waals surface area contributed by atoms with E-state index in [1.165, 1.54) is 37.1 Å². The fraction of sp³-hybridized carbons (Fsp3) is 0.387. The number of likely N-dealkylation sites (tertiary alicyclic amines) is 1. The lowest BCUT2D eigenvalue weighted by molar-refractivity contribution is -0.385. The number of amides is 1. The van der Waals surface area contributed by atoms with Gasteiger partial charge in [0.1, 0.15) is 11.3 Å². The van der Waals surface area contributed by atoms with Crippen molar-refractivity contribution in [3.8, 4) is 5.75 Å². The van der Waals surface area contributed by atoms with E-state index in [0.29, 0.717) is 38.9 Å². The van der Waals surface area contributed by atoms with Gasteiger partial charge in [0.05, 0.1) is 33.2 Å². The summed E-state index contributed by atoms with van der Waals surface area (Å²) in [5.41, 5.74) is -1.26. The average Bonchev–Trinajstić information content (AvgIpc) is 3.56. The number of Topliss-reactive ketones (excluding diaryl/α,β-unsaturated/α-hetero) is 1. The molecule has 42 heavy (non-hydrogen) atoms. The van der Waals surface area contributed by atoms with Crippen LogP contribution in [0.2, 0.25) is 4.34 Å². The number of carboxylic acid groups (broad SMARTS) is 1. The number of ketones is 1. The topological polar surface area (TPSA) is 127 Å². The largest absolute Gasteiger partial charge is 0.497 e. The van der Waals surface area contributed by atoms with Crippen LogP contribution in [-0.4, -0.2) is 45.2 Å². The van der Waals surface area contributed by atoms with E-state index in [2.05, 4.69) is 0 Å². The summed E-state index contributed by atoms with van der Waals surface area (Å²) in [5, 5.41) is 22.8. The summed E-state index contributed by atoms with van der Waals surface area (Å²) < 4.78 is 5.83. The molecule has 5 rings (SSSR count). The molecule has 4 atom stereocenters. The molecular formula is C31H31ClN2O7S. The summed E-state index contributed by atoms with van der Waals surface area (Å²) in [4.78, 5) is 55.4. The van der Waals surface area contributed by atoms with Crippen molar-refractivity contribution in [1.82, 2.24) is 4.90 Å². The second-order valence-electron chi connectivity index (χ2n) is 11.0. The van der Waals surface area contributed by atoms with E-state index in [9.17, 15) is 29.6 Å². The highest BCUT2D eigenvalue weighted by molar-refractivity contribution is 7.18. The number of benzene rings is 2. The van der Waals surface area contributed by atoms with Crippen molar-refractivity contribution in [2.75, 3.05) is 7.11 Å². The van der Waals surface area contributed by atoms with Gasteiger partial charge in [-0.2, -0.15) is 0 Å². The number of aliphatic carboxylic acids is 1. The molecule has 1 N–H and O–H groups in total. The highest BCUT2D eigenvalue weighted by atomic mass is 35.5. The van der Waals surface area contributed by atoms with E-state index in [0.717, 1.165) is 30.6 Å². The van der Waals surface area contributed by atoms with Crippen LogP contribution < -0.4 is 4.74 Å². The van der Waals surface area contributed by atoms with Crippen LogP contribution in [-0.2, 0) is 9.59 Å². The average molecular weight is 611 g/mol. The molecule has 9 nitrogen and oxygen atoms in total. The van der Waals surface area contributed by atoms with Crippen molar-refractivity contribution in [2.24, 2.45) is 11.8 Å². The van der Waals surface area contributed by atoms with Gasteiger partial charge in [-0.05, 0) is 55.2 Å². The van der Waals surface area contributed by atoms with Crippen LogP contribution in [0.3, 0.4) is 0 Å². The zero-order valence-electron chi connectivity index (χ0n) is 23.2. The molecule has 1 aliphatic heterocycles. The number of ether oxygens (including phenoxy) is 1. The molecular weight excluding hydrogens is 580 g/mol. The first-order valence-corrected chi connectivity index (χ1v) is 15.0. The SMILES string of the molecule is COc1cccc(C2C(C(=O)c3ccc(Cl)s3)C(c3cccc([N+](=O)[O-])c3)N(C(=O)C3CCCCC3)C2(C)C(=O)O)c1. The fourth-order valence-corrected chi connectivity index (χ4v) is 7.76. The Morgan fingerprint density at radius 1 is 1.05 bits per heavy atom. The molecule has 2 heterocycles. The molecule has 1 saturated carbocycles. The van der Waals surface area contributed by atoms with Crippen molar-refractivity contribution in [3.63, 3.8) is 0 Å². The third-order valence-electron chi connectivity index (χ3n) is 8.70. The van der Waals surface area contributed by atoms with Gasteiger partial charge in [-0.1, -0.05) is 55.1 Å². The van der Waals surface area contributed by atoms with Gasteiger partial charge in [-0.25, -0.2) is 4.79 Å². The fourth-order valence-electron chi connectivity index (χ4n) is 6.73. The number of nitro benzene ring substituents is 1. The van der Waals surface area contributed by atoms with Crippen LogP contribution in [0.4, 0.5) is 5.69 Å². The van der Waals surface area contributed by atoms with Crippen molar-refractivity contribution in [3.05, 3.63) is 91.1 Å². The van der Waals surface area contributed by atoms with Crippen LogP contribution in [0.1, 0.15) is 71.8 Å². The number of non-ortho nitro benzene ring substituents is 1. The monoisotopic (exact) mass is 610 g/mol. The first-order chi connectivity index (χ1) is 20.1. The molecule has 3 aromatic rings. The minimum atomic E-state index is -1.88. The number of carbonyl (C=O) groups excluding carboxylic acids is 2. The molecule has 220 valence electrons. The van der Waals surface area contributed by atoms with Crippen molar-refractivity contribution in [1.29, 1.82) is 0 Å². The maximum Gasteiger partial charge on any atom is 0.330 e. The van der Waals surface area contributed by atoms with Gasteiger partial charge < -0.3 is 14.7 Å². The molecule has 1 aromatic heterocycles. The van der Waals surface area contributed by atoms with Crippen LogP contribution in [0.5, 0.6) is 5.75 Å². The predicted molar refractivity (Wildman–Crippen MR) is 158 cm³/mol. The molecule has 0 bridgehead atoms. The lowest BCUT2D eigenvalue weighted by Gasteiger charge is -2.40. The van der Waals surface area contributed by atoms with E-state index < -0.39 is 40.2 Å². The van der Waals surface area contributed by atoms with E-state index >= 15 is 0 Å². The summed E-state index contributed by atoms with van der Waals surface area (Å²) in [6, 6.07) is 14.7. The van der Waals surface area contributed by atoms with Crippen molar-refractivity contribution >= 4 is 46.3 Å². The van der Waals surface area contributed by atoms with Gasteiger partial charge in [-0.15, -0.1) is 11.3 Å². The lowest BCUT2D eigenvalue weighted by atomic mass is 9.72. The van der Waals surface area contributed by atoms with Crippen LogP contribution in [0.15, 0.2) is 60.7 Å². The standard InChI is InChI=1S/C31H31ClN2O7S/c1-31(30(37)38)26(19-10-7-13-22(17-19)41-2)25(28(35)23-14-15-24(32)42-23)27(20-11-6-12-21(16-20)34(39)40)33(31)29(36)18-8-4-3-5-9-18/h6-7,10-18,25-27H,3-5,8-9H2,1-2H3,(H,37,38). The molecule has 2 fully saturated rings. The van der Waals surface area contributed by atoms with Crippen molar-refractivity contribution in [2.45, 2.75) is 56.5 Å². The Hall–Kier alpha value is -3.76. The van der Waals surface area contributed by atoms with Crippen LogP contribution >= 0.6 is 22.9 Å². The Kier molecular flexibility index (Phi) is 8.39. The number of rotatable bonds is 8. The van der Waals surface area contributed by atoms with Gasteiger partial charge in [0.15, 0.2) is 5.78 Å². The third kappa shape index (κ3) is 5.18. The normalized spacial score (nSPS) is 24.4. The maximum atomic E-state index is 14.5. The number of hydrogen-bond acceptors (Lipinski definition) is 7. The maximum absolute atomic E-state index is 14.5. The summed E-state index contributed by atoms with van der Waals surface area (Å²) in [6.07, 6.45) is 3.88. The van der Waals surface area contributed by atoms with E-state index in [1.807, 2.05) is 0 Å². The first kappa shape index (κ1) is 29.7. The molecule has 0 radical (unpaired) electrons. The molecule has 11 heteroatoms. The van der Waals surface area contributed by atoms with Crippen LogP contribution in [0, 0.1) is 22.0 Å². The molecule has 2 aromatic carbocycles. The Labute approximate surface area is 252 Å². The molecule has 4 unspecified atom stereocenters. The van der Waals surface area contributed by atoms with Gasteiger partial charge in [-0.3, -0.25) is 19.7 Å². The lowest BCUT2D eigenvalue weighted by Crippen LogP contribution is -2.55. The summed E-state index contributed by atoms with van der Waals surface area (Å²) in [6.45, 7) is 1.49. The third-order valence-corrected chi connectivity index (χ3v) is 9.95. The van der Waals surface area contributed by atoms with Gasteiger partial charge in [0.2, 0.25) is 5.91 Å². The molecule has 1 amide bonds. The zero-order chi connectivity index (χ0) is 30.2. The quantitative estimate of drug-likeness (QED) is 0.167. The smallest absolute Gasteiger partial charge is 0.330 e. The Balaban J connectivity index is 1.81. The first-order valence-electron chi connectivity index (χ1n) is 13.8. The minimum absolute atomic E-state index is 0.218. The number of hydrogen-bond donors (Lipinski definition) is 1. The van der Waals surface area contributed by atoms with E-state index in [4.69, 9.17) is 16.3 Å². The number of nitro groups is 1.